The first kappa shape index (κ1) is 10.1. The number of likely N-dealkylation sites (N-methyl/N-ethyl adjacent to an activating group) is 1. The van der Waals surface area contributed by atoms with Crippen LogP contribution in [0.15, 0.2) is 4.99 Å². The van der Waals surface area contributed by atoms with Crippen molar-refractivity contribution in [2.75, 3.05) is 7.05 Å². The van der Waals surface area contributed by atoms with Crippen LogP contribution in [0.5, 0.6) is 0 Å². The SMILES string of the molecule is C=N[C@@](C)(C#N)C(CC)NC. The van der Waals surface area contributed by atoms with E-state index in [0.29, 0.717) is 0 Å². The van der Waals surface area contributed by atoms with Gasteiger partial charge < -0.3 is 5.32 Å². The van der Waals surface area contributed by atoms with E-state index in [1.165, 1.54) is 0 Å². The molecule has 0 aromatic heterocycles. The van der Waals surface area contributed by atoms with Crippen molar-refractivity contribution in [3.05, 3.63) is 0 Å². The Labute approximate surface area is 68.1 Å². The average Bonchev–Trinajstić information content (AvgIpc) is 2.06. The van der Waals surface area contributed by atoms with Crippen molar-refractivity contribution in [2.45, 2.75) is 31.8 Å². The van der Waals surface area contributed by atoms with Gasteiger partial charge in [-0.2, -0.15) is 5.26 Å². The summed E-state index contributed by atoms with van der Waals surface area (Å²) in [6, 6.07) is 2.23. The highest BCUT2D eigenvalue weighted by Crippen LogP contribution is 2.15. The molecule has 0 spiro atoms. The average molecular weight is 153 g/mol. The van der Waals surface area contributed by atoms with Crippen LogP contribution >= 0.6 is 0 Å². The molecule has 3 heteroatoms. The number of nitriles is 1. The highest BCUT2D eigenvalue weighted by molar-refractivity contribution is 5.30. The lowest BCUT2D eigenvalue weighted by atomic mass is 9.93. The fraction of sp³-hybridized carbons (Fsp3) is 0.750. The maximum Gasteiger partial charge on any atom is 0.158 e. The minimum absolute atomic E-state index is 0.0880. The maximum absolute atomic E-state index is 8.79. The van der Waals surface area contributed by atoms with Gasteiger partial charge in [-0.05, 0) is 27.1 Å². The second-order valence-corrected chi connectivity index (χ2v) is 2.67. The molecule has 0 aromatic carbocycles. The molecule has 62 valence electrons. The van der Waals surface area contributed by atoms with Crippen LogP contribution in [0.1, 0.15) is 20.3 Å². The molecule has 0 fully saturated rings. The third kappa shape index (κ3) is 2.02. The first-order valence-electron chi connectivity index (χ1n) is 3.71. The smallest absolute Gasteiger partial charge is 0.158 e. The van der Waals surface area contributed by atoms with E-state index in [0.717, 1.165) is 6.42 Å². The summed E-state index contributed by atoms with van der Waals surface area (Å²) < 4.78 is 0. The molecule has 0 heterocycles. The lowest BCUT2D eigenvalue weighted by Crippen LogP contribution is -2.44. The Morgan fingerprint density at radius 3 is 2.45 bits per heavy atom. The molecule has 0 aromatic rings. The molecule has 0 radical (unpaired) electrons. The summed E-state index contributed by atoms with van der Waals surface area (Å²) in [5.74, 6) is 0. The van der Waals surface area contributed by atoms with Crippen molar-refractivity contribution in [3.8, 4) is 6.07 Å². The molecule has 11 heavy (non-hydrogen) atoms. The Morgan fingerprint density at radius 2 is 2.36 bits per heavy atom. The van der Waals surface area contributed by atoms with E-state index < -0.39 is 5.54 Å². The van der Waals surface area contributed by atoms with Crippen molar-refractivity contribution in [2.24, 2.45) is 4.99 Å². The fourth-order valence-electron chi connectivity index (χ4n) is 1.11. The minimum atomic E-state index is -0.691. The molecule has 2 atom stereocenters. The summed E-state index contributed by atoms with van der Waals surface area (Å²) in [5, 5.41) is 11.8. The van der Waals surface area contributed by atoms with E-state index in [4.69, 9.17) is 5.26 Å². The Hall–Kier alpha value is -0.880. The van der Waals surface area contributed by atoms with Gasteiger partial charge in [0.15, 0.2) is 5.54 Å². The highest BCUT2D eigenvalue weighted by Gasteiger charge is 2.30. The van der Waals surface area contributed by atoms with E-state index in [2.05, 4.69) is 23.1 Å². The normalized spacial score (nSPS) is 18.0. The summed E-state index contributed by atoms with van der Waals surface area (Å²) in [6.07, 6.45) is 0.875. The van der Waals surface area contributed by atoms with Crippen LogP contribution < -0.4 is 5.32 Å². The predicted molar refractivity (Wildman–Crippen MR) is 46.7 cm³/mol. The second kappa shape index (κ2) is 4.09. The van der Waals surface area contributed by atoms with Gasteiger partial charge in [-0.3, -0.25) is 4.99 Å². The van der Waals surface area contributed by atoms with Crippen LogP contribution in [0.25, 0.3) is 0 Å². The van der Waals surface area contributed by atoms with Crippen LogP contribution in [0, 0.1) is 11.3 Å². The van der Waals surface area contributed by atoms with Crippen molar-refractivity contribution >= 4 is 6.72 Å². The third-order valence-electron chi connectivity index (χ3n) is 1.99. The Kier molecular flexibility index (Phi) is 3.77. The van der Waals surface area contributed by atoms with Gasteiger partial charge in [-0.25, -0.2) is 0 Å². The molecule has 0 bridgehead atoms. The molecular weight excluding hydrogens is 138 g/mol. The summed E-state index contributed by atoms with van der Waals surface area (Å²) in [6.45, 7) is 7.21. The van der Waals surface area contributed by atoms with Crippen molar-refractivity contribution in [3.63, 3.8) is 0 Å². The number of rotatable bonds is 4. The number of nitrogens with one attached hydrogen (secondary N) is 1. The Morgan fingerprint density at radius 1 is 1.82 bits per heavy atom. The second-order valence-electron chi connectivity index (χ2n) is 2.67. The summed E-state index contributed by atoms with van der Waals surface area (Å²) >= 11 is 0. The van der Waals surface area contributed by atoms with E-state index in [-0.39, 0.29) is 6.04 Å². The fourth-order valence-corrected chi connectivity index (χ4v) is 1.11. The van der Waals surface area contributed by atoms with Gasteiger partial charge in [-0.15, -0.1) is 0 Å². The maximum atomic E-state index is 8.79. The van der Waals surface area contributed by atoms with Gasteiger partial charge >= 0.3 is 0 Å². The standard InChI is InChI=1S/C8H15N3/c1-5-7(10-3)8(2,6-9)11-4/h7,10H,4-5H2,1-3H3/t7?,8-/m0/s1. The quantitative estimate of drug-likeness (QED) is 0.612. The molecule has 0 aliphatic rings. The zero-order chi connectivity index (χ0) is 8.91. The minimum Gasteiger partial charge on any atom is -0.314 e. The lowest BCUT2D eigenvalue weighted by molar-refractivity contribution is 0.401. The number of aliphatic imine (C=N–C) groups is 1. The number of hydrogen-bond acceptors (Lipinski definition) is 3. The van der Waals surface area contributed by atoms with Crippen molar-refractivity contribution in [1.82, 2.24) is 5.32 Å². The Bertz CT molecular complexity index is 167. The van der Waals surface area contributed by atoms with E-state index in [9.17, 15) is 0 Å². The molecule has 0 aliphatic carbocycles. The van der Waals surface area contributed by atoms with Gasteiger partial charge in [0.2, 0.25) is 0 Å². The lowest BCUT2D eigenvalue weighted by Gasteiger charge is -2.25. The van der Waals surface area contributed by atoms with Gasteiger partial charge in [0.25, 0.3) is 0 Å². The largest absolute Gasteiger partial charge is 0.314 e. The van der Waals surface area contributed by atoms with Crippen LogP contribution in [-0.4, -0.2) is 25.3 Å². The number of hydrogen-bond donors (Lipinski definition) is 1. The monoisotopic (exact) mass is 153 g/mol. The van der Waals surface area contributed by atoms with E-state index >= 15 is 0 Å². The molecule has 3 nitrogen and oxygen atoms in total. The number of nitrogens with zero attached hydrogens (tertiary/aromatic N) is 2. The molecular formula is C8H15N3. The Balaban J connectivity index is 4.48. The van der Waals surface area contributed by atoms with Crippen LogP contribution in [-0.2, 0) is 0 Å². The molecule has 0 saturated carbocycles. The van der Waals surface area contributed by atoms with Gasteiger partial charge in [0, 0.05) is 6.04 Å². The van der Waals surface area contributed by atoms with E-state index in [1.54, 1.807) is 6.92 Å². The zero-order valence-corrected chi connectivity index (χ0v) is 7.39. The van der Waals surface area contributed by atoms with Crippen LogP contribution in [0.4, 0.5) is 0 Å². The first-order chi connectivity index (χ1) is 5.14. The molecule has 0 amide bonds. The highest BCUT2D eigenvalue weighted by atomic mass is 15.0. The molecule has 1 N–H and O–H groups in total. The van der Waals surface area contributed by atoms with Crippen LogP contribution in [0.2, 0.25) is 0 Å². The van der Waals surface area contributed by atoms with Gasteiger partial charge in [-0.1, -0.05) is 6.92 Å². The predicted octanol–water partition coefficient (Wildman–Crippen LogP) is 0.967. The molecule has 0 aliphatic heterocycles. The van der Waals surface area contributed by atoms with E-state index in [1.807, 2.05) is 14.0 Å². The molecule has 1 unspecified atom stereocenters. The van der Waals surface area contributed by atoms with Crippen molar-refractivity contribution < 1.29 is 0 Å². The summed E-state index contributed by atoms with van der Waals surface area (Å²) in [4.78, 5) is 3.81. The van der Waals surface area contributed by atoms with Crippen molar-refractivity contribution in [1.29, 1.82) is 5.26 Å². The third-order valence-corrected chi connectivity index (χ3v) is 1.99. The van der Waals surface area contributed by atoms with Crippen LogP contribution in [0.3, 0.4) is 0 Å². The van der Waals surface area contributed by atoms with Gasteiger partial charge in [0.1, 0.15) is 0 Å². The first-order valence-corrected chi connectivity index (χ1v) is 3.71. The summed E-state index contributed by atoms with van der Waals surface area (Å²) in [7, 11) is 1.83. The molecule has 0 saturated heterocycles. The summed E-state index contributed by atoms with van der Waals surface area (Å²) in [5.41, 5.74) is -0.691. The van der Waals surface area contributed by atoms with Gasteiger partial charge in [0.05, 0.1) is 6.07 Å². The topological polar surface area (TPSA) is 48.2 Å². The molecule has 0 rings (SSSR count). The zero-order valence-electron chi connectivity index (χ0n) is 7.39.